The summed E-state index contributed by atoms with van der Waals surface area (Å²) in [5.74, 6) is -0.534. The Bertz CT molecular complexity index is 765. The number of carbonyl (C=O) groups is 2. The Morgan fingerprint density at radius 2 is 2.00 bits per heavy atom. The summed E-state index contributed by atoms with van der Waals surface area (Å²) in [6.07, 6.45) is 1.60. The number of carbonyl (C=O) groups excluding carboxylic acids is 2. The molecule has 0 unspecified atom stereocenters. The highest BCUT2D eigenvalue weighted by molar-refractivity contribution is 7.20. The number of nitrogens with one attached hydrogen (secondary N) is 1. The molecule has 108 valence electrons. The van der Waals surface area contributed by atoms with Crippen LogP contribution in [0.1, 0.15) is 27.0 Å². The van der Waals surface area contributed by atoms with Crippen LogP contribution in [-0.4, -0.2) is 11.9 Å². The SMILES string of the molecule is Cc1cccc2c1-c1sc(NC(N)=O)c(C(N)=O)c1CC2. The van der Waals surface area contributed by atoms with Crippen LogP contribution in [0.3, 0.4) is 0 Å². The van der Waals surface area contributed by atoms with Gasteiger partial charge in [-0.25, -0.2) is 4.79 Å². The van der Waals surface area contributed by atoms with Crippen LogP contribution in [0.2, 0.25) is 0 Å². The Hall–Kier alpha value is -2.34. The van der Waals surface area contributed by atoms with Gasteiger partial charge in [-0.15, -0.1) is 11.3 Å². The lowest BCUT2D eigenvalue weighted by atomic mass is 9.87. The number of hydrogen-bond donors (Lipinski definition) is 3. The van der Waals surface area contributed by atoms with Crippen molar-refractivity contribution in [3.8, 4) is 10.4 Å². The monoisotopic (exact) mass is 301 g/mol. The number of rotatable bonds is 2. The number of urea groups is 1. The maximum Gasteiger partial charge on any atom is 0.317 e. The summed E-state index contributed by atoms with van der Waals surface area (Å²) < 4.78 is 0. The summed E-state index contributed by atoms with van der Waals surface area (Å²) in [7, 11) is 0. The molecule has 6 heteroatoms. The van der Waals surface area contributed by atoms with Gasteiger partial charge < -0.3 is 11.5 Å². The van der Waals surface area contributed by atoms with Crippen molar-refractivity contribution in [1.82, 2.24) is 0 Å². The van der Waals surface area contributed by atoms with E-state index in [0.29, 0.717) is 10.6 Å². The zero-order valence-electron chi connectivity index (χ0n) is 11.5. The number of benzene rings is 1. The van der Waals surface area contributed by atoms with Crippen molar-refractivity contribution in [3.05, 3.63) is 40.5 Å². The van der Waals surface area contributed by atoms with Gasteiger partial charge in [-0.1, -0.05) is 18.2 Å². The fourth-order valence-corrected chi connectivity index (χ4v) is 4.29. The largest absolute Gasteiger partial charge is 0.365 e. The minimum atomic E-state index is -0.693. The molecule has 1 aromatic carbocycles. The van der Waals surface area contributed by atoms with E-state index in [2.05, 4.69) is 11.4 Å². The Kier molecular flexibility index (Phi) is 3.17. The molecule has 1 aromatic heterocycles. The molecule has 0 spiro atoms. The Morgan fingerprint density at radius 3 is 2.67 bits per heavy atom. The molecule has 1 heterocycles. The van der Waals surface area contributed by atoms with E-state index in [4.69, 9.17) is 11.5 Å². The molecule has 0 saturated heterocycles. The molecule has 0 radical (unpaired) electrons. The van der Waals surface area contributed by atoms with Crippen LogP contribution in [0.25, 0.3) is 10.4 Å². The summed E-state index contributed by atoms with van der Waals surface area (Å²) >= 11 is 1.36. The average molecular weight is 301 g/mol. The third kappa shape index (κ3) is 2.17. The number of anilines is 1. The molecule has 0 aliphatic heterocycles. The zero-order valence-corrected chi connectivity index (χ0v) is 12.3. The quantitative estimate of drug-likeness (QED) is 0.793. The molecule has 1 aliphatic carbocycles. The van der Waals surface area contributed by atoms with Crippen molar-refractivity contribution in [2.45, 2.75) is 19.8 Å². The molecule has 5 nitrogen and oxygen atoms in total. The molecule has 3 amide bonds. The van der Waals surface area contributed by atoms with Crippen molar-refractivity contribution in [1.29, 1.82) is 0 Å². The molecule has 21 heavy (non-hydrogen) atoms. The second-order valence-corrected chi connectivity index (χ2v) is 6.10. The lowest BCUT2D eigenvalue weighted by molar-refractivity contribution is 0.100. The van der Waals surface area contributed by atoms with Crippen LogP contribution in [-0.2, 0) is 12.8 Å². The van der Waals surface area contributed by atoms with Crippen molar-refractivity contribution < 1.29 is 9.59 Å². The zero-order chi connectivity index (χ0) is 15.1. The summed E-state index contributed by atoms with van der Waals surface area (Å²) in [6.45, 7) is 2.04. The Morgan fingerprint density at radius 1 is 1.24 bits per heavy atom. The highest BCUT2D eigenvalue weighted by atomic mass is 32.1. The molecular weight excluding hydrogens is 286 g/mol. The van der Waals surface area contributed by atoms with Gasteiger partial charge in [-0.2, -0.15) is 0 Å². The number of primary amides is 2. The molecule has 3 rings (SSSR count). The molecule has 0 fully saturated rings. The number of thiophene rings is 1. The third-order valence-corrected chi connectivity index (χ3v) is 4.89. The Balaban J connectivity index is 2.26. The minimum absolute atomic E-state index is 0.391. The summed E-state index contributed by atoms with van der Waals surface area (Å²) in [4.78, 5) is 23.9. The lowest BCUT2D eigenvalue weighted by Crippen LogP contribution is -2.22. The average Bonchev–Trinajstić information content (AvgIpc) is 2.75. The van der Waals surface area contributed by atoms with Gasteiger partial charge in [0.15, 0.2) is 0 Å². The van der Waals surface area contributed by atoms with Gasteiger partial charge in [0.2, 0.25) is 0 Å². The topological polar surface area (TPSA) is 98.2 Å². The van der Waals surface area contributed by atoms with Crippen LogP contribution >= 0.6 is 11.3 Å². The normalized spacial score (nSPS) is 12.4. The summed E-state index contributed by atoms with van der Waals surface area (Å²) in [5.41, 5.74) is 15.5. The van der Waals surface area contributed by atoms with Gasteiger partial charge in [-0.05, 0) is 42.0 Å². The molecular formula is C15H15N3O2S. The Labute approximate surface area is 126 Å². The highest BCUT2D eigenvalue weighted by Crippen LogP contribution is 2.46. The first-order valence-corrected chi connectivity index (χ1v) is 7.41. The second kappa shape index (κ2) is 4.89. The minimum Gasteiger partial charge on any atom is -0.365 e. The van der Waals surface area contributed by atoms with E-state index in [0.717, 1.165) is 34.4 Å². The highest BCUT2D eigenvalue weighted by Gasteiger charge is 2.28. The standard InChI is InChI=1S/C15H15N3O2S/c1-7-3-2-4-8-5-6-9-11(13(16)19)14(18-15(17)20)21-12(9)10(7)8/h2-4H,5-6H2,1H3,(H2,16,19)(H3,17,18,20). The van der Waals surface area contributed by atoms with Crippen molar-refractivity contribution in [3.63, 3.8) is 0 Å². The van der Waals surface area contributed by atoms with Crippen LogP contribution < -0.4 is 16.8 Å². The van der Waals surface area contributed by atoms with E-state index in [-0.39, 0.29) is 0 Å². The fraction of sp³-hybridized carbons (Fsp3) is 0.200. The van der Waals surface area contributed by atoms with Crippen LogP contribution in [0.4, 0.5) is 9.80 Å². The first kappa shape index (κ1) is 13.6. The predicted molar refractivity (Wildman–Crippen MR) is 83.6 cm³/mol. The van der Waals surface area contributed by atoms with Gasteiger partial charge in [0.05, 0.1) is 5.56 Å². The van der Waals surface area contributed by atoms with Crippen LogP contribution in [0, 0.1) is 6.92 Å². The maximum absolute atomic E-state index is 11.8. The maximum atomic E-state index is 11.8. The number of fused-ring (bicyclic) bond motifs is 3. The van der Waals surface area contributed by atoms with E-state index in [1.807, 2.05) is 19.1 Å². The van der Waals surface area contributed by atoms with Gasteiger partial charge in [0.1, 0.15) is 5.00 Å². The van der Waals surface area contributed by atoms with E-state index >= 15 is 0 Å². The van der Waals surface area contributed by atoms with Crippen molar-refractivity contribution >= 4 is 28.3 Å². The van der Waals surface area contributed by atoms with E-state index in [1.165, 1.54) is 16.9 Å². The van der Waals surface area contributed by atoms with Crippen LogP contribution in [0.5, 0.6) is 0 Å². The summed E-state index contributed by atoms with van der Waals surface area (Å²) in [5, 5.41) is 2.96. The molecule has 5 N–H and O–H groups in total. The molecule has 0 saturated carbocycles. The second-order valence-electron chi connectivity index (χ2n) is 5.08. The van der Waals surface area contributed by atoms with Gasteiger partial charge in [0.25, 0.3) is 5.91 Å². The van der Waals surface area contributed by atoms with Gasteiger partial charge >= 0.3 is 6.03 Å². The number of amides is 3. The van der Waals surface area contributed by atoms with Gasteiger partial charge in [-0.3, -0.25) is 10.1 Å². The van der Waals surface area contributed by atoms with Crippen molar-refractivity contribution in [2.75, 3.05) is 5.32 Å². The third-order valence-electron chi connectivity index (χ3n) is 3.72. The fourth-order valence-electron chi connectivity index (χ4n) is 2.89. The summed E-state index contributed by atoms with van der Waals surface area (Å²) in [6, 6.07) is 5.47. The van der Waals surface area contributed by atoms with Crippen molar-refractivity contribution in [2.24, 2.45) is 11.5 Å². The molecule has 0 bridgehead atoms. The number of hydrogen-bond acceptors (Lipinski definition) is 3. The predicted octanol–water partition coefficient (Wildman–Crippen LogP) is 2.41. The number of aryl methyl sites for hydroxylation is 2. The number of nitrogens with two attached hydrogens (primary N) is 2. The molecule has 1 aliphatic rings. The van der Waals surface area contributed by atoms with E-state index in [1.54, 1.807) is 0 Å². The van der Waals surface area contributed by atoms with Crippen LogP contribution in [0.15, 0.2) is 18.2 Å². The first-order valence-electron chi connectivity index (χ1n) is 6.59. The van der Waals surface area contributed by atoms with E-state index < -0.39 is 11.9 Å². The molecule has 2 aromatic rings. The smallest absolute Gasteiger partial charge is 0.317 e. The molecule has 0 atom stereocenters. The van der Waals surface area contributed by atoms with Gasteiger partial charge in [0, 0.05) is 4.88 Å². The first-order chi connectivity index (χ1) is 9.99. The van der Waals surface area contributed by atoms with E-state index in [9.17, 15) is 9.59 Å². The lowest BCUT2D eigenvalue weighted by Gasteiger charge is -2.18.